The van der Waals surface area contributed by atoms with Crippen LogP contribution in [0, 0.1) is 0 Å². The molecule has 0 bridgehead atoms. The van der Waals surface area contributed by atoms with Gasteiger partial charge in [0.25, 0.3) is 0 Å². The number of hydrogen-bond acceptors (Lipinski definition) is 2. The third-order valence-electron chi connectivity index (χ3n) is 3.94. The summed E-state index contributed by atoms with van der Waals surface area (Å²) in [6.45, 7) is 0. The maximum atomic E-state index is 4.69. The number of aromatic nitrogens is 3. The summed E-state index contributed by atoms with van der Waals surface area (Å²) in [7, 11) is 0. The predicted octanol–water partition coefficient (Wildman–Crippen LogP) is 4.99. The molecule has 0 saturated carbocycles. The van der Waals surface area contributed by atoms with Crippen molar-refractivity contribution in [1.82, 2.24) is 14.8 Å². The van der Waals surface area contributed by atoms with E-state index in [0.717, 1.165) is 28.2 Å². The van der Waals surface area contributed by atoms with Crippen LogP contribution in [0.5, 0.6) is 0 Å². The molecule has 120 valence electrons. The van der Waals surface area contributed by atoms with Crippen LogP contribution in [0.4, 0.5) is 0 Å². The summed E-state index contributed by atoms with van der Waals surface area (Å²) in [5, 5.41) is 4.69. The number of hydrogen-bond donors (Lipinski definition) is 0. The molecule has 0 aliphatic rings. The summed E-state index contributed by atoms with van der Waals surface area (Å²) < 4.78 is 1.84. The van der Waals surface area contributed by atoms with E-state index in [-0.39, 0.29) is 0 Å². The molecule has 4 aromatic rings. The van der Waals surface area contributed by atoms with Crippen LogP contribution in [0.1, 0.15) is 11.1 Å². The molecule has 0 N–H and O–H groups in total. The number of rotatable bonds is 4. The standard InChI is InChI=1S/C22H17N3/c1-4-10-18(11-5-1)16-21(19-12-6-2-7-13-19)25-17-23-22(24-25)20-14-8-3-9-15-20/h1-17H/b21-16+. The SMILES string of the molecule is C(=C(/c1ccccc1)n1cnc(-c2ccccc2)n1)/c1ccccc1. The molecule has 3 nitrogen and oxygen atoms in total. The zero-order valence-electron chi connectivity index (χ0n) is 13.7. The van der Waals surface area contributed by atoms with Gasteiger partial charge in [-0.25, -0.2) is 9.67 Å². The normalized spacial score (nSPS) is 11.4. The van der Waals surface area contributed by atoms with Crippen LogP contribution in [0.2, 0.25) is 0 Å². The van der Waals surface area contributed by atoms with Gasteiger partial charge in [-0.3, -0.25) is 0 Å². The number of nitrogens with zero attached hydrogens (tertiary/aromatic N) is 3. The quantitative estimate of drug-likeness (QED) is 0.495. The molecule has 0 radical (unpaired) electrons. The zero-order chi connectivity index (χ0) is 16.9. The highest BCUT2D eigenvalue weighted by Crippen LogP contribution is 2.21. The summed E-state index contributed by atoms with van der Waals surface area (Å²) >= 11 is 0. The lowest BCUT2D eigenvalue weighted by molar-refractivity contribution is 0.910. The van der Waals surface area contributed by atoms with Crippen molar-refractivity contribution in [3.05, 3.63) is 108 Å². The van der Waals surface area contributed by atoms with Crippen molar-refractivity contribution in [1.29, 1.82) is 0 Å². The summed E-state index contributed by atoms with van der Waals surface area (Å²) in [5.41, 5.74) is 4.21. The van der Waals surface area contributed by atoms with E-state index in [1.807, 2.05) is 71.4 Å². The van der Waals surface area contributed by atoms with Crippen LogP contribution in [-0.2, 0) is 0 Å². The minimum atomic E-state index is 0.718. The Morgan fingerprint density at radius 3 is 2.00 bits per heavy atom. The monoisotopic (exact) mass is 323 g/mol. The van der Waals surface area contributed by atoms with E-state index in [1.54, 1.807) is 6.33 Å². The molecular weight excluding hydrogens is 306 g/mol. The first-order valence-electron chi connectivity index (χ1n) is 8.20. The van der Waals surface area contributed by atoms with Crippen molar-refractivity contribution < 1.29 is 0 Å². The Kier molecular flexibility index (Phi) is 4.21. The van der Waals surface area contributed by atoms with Gasteiger partial charge in [-0.2, -0.15) is 0 Å². The molecule has 0 aliphatic carbocycles. The van der Waals surface area contributed by atoms with Gasteiger partial charge in [-0.1, -0.05) is 91.0 Å². The van der Waals surface area contributed by atoms with Crippen LogP contribution in [0.25, 0.3) is 23.2 Å². The molecule has 3 aromatic carbocycles. The Bertz CT molecular complexity index is 971. The summed E-state index contributed by atoms with van der Waals surface area (Å²) in [4.78, 5) is 4.49. The largest absolute Gasteiger partial charge is 0.220 e. The Morgan fingerprint density at radius 2 is 1.32 bits per heavy atom. The van der Waals surface area contributed by atoms with Crippen LogP contribution >= 0.6 is 0 Å². The Morgan fingerprint density at radius 1 is 0.720 bits per heavy atom. The average Bonchev–Trinajstić information content (AvgIpc) is 3.18. The van der Waals surface area contributed by atoms with Gasteiger partial charge >= 0.3 is 0 Å². The van der Waals surface area contributed by atoms with Gasteiger partial charge < -0.3 is 0 Å². The highest BCUT2D eigenvalue weighted by molar-refractivity contribution is 5.81. The number of benzene rings is 3. The fourth-order valence-electron chi connectivity index (χ4n) is 2.70. The van der Waals surface area contributed by atoms with Crippen molar-refractivity contribution in [3.8, 4) is 11.4 Å². The van der Waals surface area contributed by atoms with E-state index in [2.05, 4.69) is 35.3 Å². The molecule has 0 atom stereocenters. The second-order valence-corrected chi connectivity index (χ2v) is 5.69. The second kappa shape index (κ2) is 6.97. The highest BCUT2D eigenvalue weighted by atomic mass is 15.3. The summed E-state index contributed by atoms with van der Waals surface area (Å²) in [6.07, 6.45) is 3.89. The molecule has 0 saturated heterocycles. The first-order chi connectivity index (χ1) is 12.4. The summed E-state index contributed by atoms with van der Waals surface area (Å²) in [6, 6.07) is 30.5. The van der Waals surface area contributed by atoms with E-state index >= 15 is 0 Å². The average molecular weight is 323 g/mol. The van der Waals surface area contributed by atoms with Gasteiger partial charge in [0, 0.05) is 11.1 Å². The highest BCUT2D eigenvalue weighted by Gasteiger charge is 2.09. The second-order valence-electron chi connectivity index (χ2n) is 5.69. The molecule has 1 heterocycles. The predicted molar refractivity (Wildman–Crippen MR) is 102 cm³/mol. The maximum absolute atomic E-state index is 4.69. The van der Waals surface area contributed by atoms with E-state index in [0.29, 0.717) is 0 Å². The lowest BCUT2D eigenvalue weighted by Crippen LogP contribution is -2.00. The van der Waals surface area contributed by atoms with E-state index < -0.39 is 0 Å². The van der Waals surface area contributed by atoms with E-state index in [9.17, 15) is 0 Å². The molecule has 0 unspecified atom stereocenters. The minimum Gasteiger partial charge on any atom is -0.220 e. The van der Waals surface area contributed by atoms with Gasteiger partial charge in [-0.15, -0.1) is 5.10 Å². The van der Waals surface area contributed by atoms with Crippen LogP contribution in [0.15, 0.2) is 97.3 Å². The molecule has 0 amide bonds. The van der Waals surface area contributed by atoms with Crippen molar-refractivity contribution in [2.75, 3.05) is 0 Å². The molecule has 0 aliphatic heterocycles. The van der Waals surface area contributed by atoms with Crippen molar-refractivity contribution in [3.63, 3.8) is 0 Å². The third kappa shape index (κ3) is 3.40. The Balaban J connectivity index is 1.80. The van der Waals surface area contributed by atoms with Crippen molar-refractivity contribution in [2.45, 2.75) is 0 Å². The lowest BCUT2D eigenvalue weighted by Gasteiger charge is -2.08. The van der Waals surface area contributed by atoms with Crippen molar-refractivity contribution in [2.24, 2.45) is 0 Å². The van der Waals surface area contributed by atoms with Gasteiger partial charge in [0.15, 0.2) is 5.82 Å². The Hall–Kier alpha value is -3.46. The molecule has 0 fully saturated rings. The first-order valence-corrected chi connectivity index (χ1v) is 8.20. The van der Waals surface area contributed by atoms with Gasteiger partial charge in [-0.05, 0) is 11.6 Å². The van der Waals surface area contributed by atoms with Crippen LogP contribution in [0.3, 0.4) is 0 Å². The van der Waals surface area contributed by atoms with Crippen LogP contribution < -0.4 is 0 Å². The van der Waals surface area contributed by atoms with E-state index in [4.69, 9.17) is 5.10 Å². The molecule has 3 heteroatoms. The van der Waals surface area contributed by atoms with E-state index in [1.165, 1.54) is 0 Å². The fraction of sp³-hybridized carbons (Fsp3) is 0. The third-order valence-corrected chi connectivity index (χ3v) is 3.94. The molecule has 0 spiro atoms. The molecule has 25 heavy (non-hydrogen) atoms. The zero-order valence-corrected chi connectivity index (χ0v) is 13.7. The van der Waals surface area contributed by atoms with Crippen molar-refractivity contribution >= 4 is 11.8 Å². The topological polar surface area (TPSA) is 30.7 Å². The first kappa shape index (κ1) is 15.1. The lowest BCUT2D eigenvalue weighted by atomic mass is 10.1. The van der Waals surface area contributed by atoms with Gasteiger partial charge in [0.1, 0.15) is 6.33 Å². The minimum absolute atomic E-state index is 0.718. The fourth-order valence-corrected chi connectivity index (χ4v) is 2.70. The maximum Gasteiger partial charge on any atom is 0.181 e. The van der Waals surface area contributed by atoms with Gasteiger partial charge in [0.2, 0.25) is 0 Å². The van der Waals surface area contributed by atoms with Crippen LogP contribution in [-0.4, -0.2) is 14.8 Å². The molecular formula is C22H17N3. The molecule has 1 aromatic heterocycles. The summed E-state index contributed by atoms with van der Waals surface area (Å²) in [5.74, 6) is 0.718. The molecule has 4 rings (SSSR count). The smallest absolute Gasteiger partial charge is 0.181 e. The van der Waals surface area contributed by atoms with Gasteiger partial charge in [0.05, 0.1) is 5.70 Å². The Labute approximate surface area is 146 Å².